The number of nitrogens with one attached hydrogen (secondary N) is 1. The molecule has 1 fully saturated rings. The second-order valence-electron chi connectivity index (χ2n) is 7.18. The van der Waals surface area contributed by atoms with Crippen molar-refractivity contribution in [1.29, 1.82) is 0 Å². The summed E-state index contributed by atoms with van der Waals surface area (Å²) in [6.45, 7) is 3.19. The maximum Gasteiger partial charge on any atom is 0.310 e. The summed E-state index contributed by atoms with van der Waals surface area (Å²) in [5, 5.41) is 0. The first-order valence-corrected chi connectivity index (χ1v) is 11.5. The number of ether oxygens (including phenoxy) is 1. The van der Waals surface area contributed by atoms with Crippen molar-refractivity contribution in [3.05, 3.63) is 65.7 Å². The van der Waals surface area contributed by atoms with E-state index in [9.17, 15) is 18.0 Å². The van der Waals surface area contributed by atoms with E-state index in [1.807, 2.05) is 0 Å². The number of rotatable bonds is 7. The first kappa shape index (κ1) is 22.0. The van der Waals surface area contributed by atoms with E-state index in [1.165, 1.54) is 12.1 Å². The number of nitrogens with zero attached hydrogens (tertiary/aromatic N) is 1. The van der Waals surface area contributed by atoms with Gasteiger partial charge in [0.15, 0.2) is 0 Å². The second-order valence-corrected chi connectivity index (χ2v) is 8.94. The van der Waals surface area contributed by atoms with E-state index in [2.05, 4.69) is 4.72 Å². The molecule has 7 nitrogen and oxygen atoms in total. The molecule has 1 saturated heterocycles. The van der Waals surface area contributed by atoms with E-state index >= 15 is 0 Å². The van der Waals surface area contributed by atoms with Crippen molar-refractivity contribution >= 4 is 21.9 Å². The molecule has 0 bridgehead atoms. The Morgan fingerprint density at radius 1 is 1.10 bits per heavy atom. The molecule has 1 atom stereocenters. The van der Waals surface area contributed by atoms with Crippen molar-refractivity contribution in [3.8, 4) is 0 Å². The lowest BCUT2D eigenvalue weighted by molar-refractivity contribution is -0.149. The molecule has 1 heterocycles. The number of carbonyl (C=O) groups excluding carboxylic acids is 2. The van der Waals surface area contributed by atoms with Crippen molar-refractivity contribution in [3.63, 3.8) is 0 Å². The van der Waals surface area contributed by atoms with Gasteiger partial charge < -0.3 is 9.64 Å². The number of hydrogen-bond donors (Lipinski definition) is 1. The van der Waals surface area contributed by atoms with Gasteiger partial charge in [-0.25, -0.2) is 13.1 Å². The van der Waals surface area contributed by atoms with Gasteiger partial charge in [-0.05, 0) is 49.6 Å². The van der Waals surface area contributed by atoms with Crippen molar-refractivity contribution in [2.75, 3.05) is 19.7 Å². The summed E-state index contributed by atoms with van der Waals surface area (Å²) in [5.74, 6) is -0.675. The lowest BCUT2D eigenvalue weighted by atomic mass is 9.97. The zero-order valence-electron chi connectivity index (χ0n) is 16.9. The molecule has 0 spiro atoms. The molecule has 1 aliphatic heterocycles. The number of sulfonamides is 1. The predicted molar refractivity (Wildman–Crippen MR) is 112 cm³/mol. The fourth-order valence-electron chi connectivity index (χ4n) is 3.42. The smallest absolute Gasteiger partial charge is 0.310 e. The molecule has 0 saturated carbocycles. The topological polar surface area (TPSA) is 92.8 Å². The highest BCUT2D eigenvalue weighted by Crippen LogP contribution is 2.20. The molecule has 0 radical (unpaired) electrons. The average Bonchev–Trinajstić information content (AvgIpc) is 2.78. The highest BCUT2D eigenvalue weighted by atomic mass is 32.2. The molecule has 3 rings (SSSR count). The first-order chi connectivity index (χ1) is 14.4. The SMILES string of the molecule is CCOC(=O)[C@@H]1CCCN(C(=O)c2ccc(CNS(=O)(=O)c3ccccc3)cc2)C1. The molecular weight excluding hydrogens is 404 g/mol. The fraction of sp³-hybridized carbons (Fsp3) is 0.364. The molecule has 1 N–H and O–H groups in total. The Bertz CT molecular complexity index is 974. The molecule has 2 aromatic rings. The Morgan fingerprint density at radius 2 is 1.80 bits per heavy atom. The van der Waals surface area contributed by atoms with Crippen LogP contribution in [-0.4, -0.2) is 44.9 Å². The number of likely N-dealkylation sites (tertiary alicyclic amines) is 1. The van der Waals surface area contributed by atoms with Gasteiger partial charge in [0.1, 0.15) is 0 Å². The van der Waals surface area contributed by atoms with Crippen LogP contribution in [0.3, 0.4) is 0 Å². The van der Waals surface area contributed by atoms with Crippen LogP contribution >= 0.6 is 0 Å². The molecule has 1 aliphatic rings. The normalized spacial score (nSPS) is 16.8. The van der Waals surface area contributed by atoms with Gasteiger partial charge in [0, 0.05) is 25.2 Å². The van der Waals surface area contributed by atoms with Crippen LogP contribution in [-0.2, 0) is 26.1 Å². The Kier molecular flexibility index (Phi) is 7.23. The number of piperidine rings is 1. The van der Waals surface area contributed by atoms with Crippen molar-refractivity contribution in [2.45, 2.75) is 31.2 Å². The average molecular weight is 431 g/mol. The lowest BCUT2D eigenvalue weighted by Crippen LogP contribution is -2.42. The first-order valence-electron chi connectivity index (χ1n) is 10.0. The van der Waals surface area contributed by atoms with Crippen molar-refractivity contribution in [1.82, 2.24) is 9.62 Å². The standard InChI is InChI=1S/C22H26N2O5S/c1-2-29-22(26)19-7-6-14-24(16-19)21(25)18-12-10-17(11-13-18)15-23-30(27,28)20-8-4-3-5-9-20/h3-5,8-13,19,23H,2,6-7,14-16H2,1H3/t19-/m1/s1. The van der Waals surface area contributed by atoms with Gasteiger partial charge >= 0.3 is 5.97 Å². The van der Waals surface area contributed by atoms with Gasteiger partial charge in [-0.3, -0.25) is 9.59 Å². The third kappa shape index (κ3) is 5.46. The molecule has 160 valence electrons. The van der Waals surface area contributed by atoms with Crippen LogP contribution in [0.15, 0.2) is 59.5 Å². The molecule has 30 heavy (non-hydrogen) atoms. The number of esters is 1. The quantitative estimate of drug-likeness (QED) is 0.682. The van der Waals surface area contributed by atoms with Gasteiger partial charge in [0.2, 0.25) is 10.0 Å². The van der Waals surface area contributed by atoms with Crippen LogP contribution < -0.4 is 4.72 Å². The van der Waals surface area contributed by atoms with Crippen LogP contribution in [0.4, 0.5) is 0 Å². The Morgan fingerprint density at radius 3 is 2.47 bits per heavy atom. The molecule has 0 aromatic heterocycles. The van der Waals surface area contributed by atoms with Crippen LogP contribution in [0.5, 0.6) is 0 Å². The van der Waals surface area contributed by atoms with Crippen LogP contribution in [0.25, 0.3) is 0 Å². The summed E-state index contributed by atoms with van der Waals surface area (Å²) >= 11 is 0. The van der Waals surface area contributed by atoms with E-state index in [1.54, 1.807) is 54.3 Å². The molecule has 2 aromatic carbocycles. The highest BCUT2D eigenvalue weighted by Gasteiger charge is 2.29. The van der Waals surface area contributed by atoms with E-state index in [-0.39, 0.29) is 29.2 Å². The van der Waals surface area contributed by atoms with Crippen LogP contribution in [0.1, 0.15) is 35.7 Å². The summed E-state index contributed by atoms with van der Waals surface area (Å²) in [7, 11) is -3.59. The largest absolute Gasteiger partial charge is 0.466 e. The van der Waals surface area contributed by atoms with Crippen LogP contribution in [0.2, 0.25) is 0 Å². The number of amides is 1. The third-order valence-electron chi connectivity index (χ3n) is 5.05. The zero-order valence-corrected chi connectivity index (χ0v) is 17.7. The maximum absolute atomic E-state index is 12.8. The van der Waals surface area contributed by atoms with Crippen molar-refractivity contribution in [2.24, 2.45) is 5.92 Å². The summed E-state index contributed by atoms with van der Waals surface area (Å²) in [6.07, 6.45) is 1.48. The number of hydrogen-bond acceptors (Lipinski definition) is 5. The maximum atomic E-state index is 12.8. The third-order valence-corrected chi connectivity index (χ3v) is 6.47. The summed E-state index contributed by atoms with van der Waals surface area (Å²) in [6, 6.07) is 15.0. The van der Waals surface area contributed by atoms with E-state index < -0.39 is 10.0 Å². The summed E-state index contributed by atoms with van der Waals surface area (Å²) in [5.41, 5.74) is 1.25. The minimum Gasteiger partial charge on any atom is -0.466 e. The van der Waals surface area contributed by atoms with Gasteiger partial charge in [-0.1, -0.05) is 30.3 Å². The monoisotopic (exact) mass is 430 g/mol. The van der Waals surface area contributed by atoms with Crippen LogP contribution in [0, 0.1) is 5.92 Å². The van der Waals surface area contributed by atoms with Gasteiger partial charge in [-0.2, -0.15) is 0 Å². The Balaban J connectivity index is 1.60. The molecule has 0 unspecified atom stereocenters. The summed E-state index contributed by atoms with van der Waals surface area (Å²) in [4.78, 5) is 26.7. The second kappa shape index (κ2) is 9.86. The minimum atomic E-state index is -3.59. The summed E-state index contributed by atoms with van der Waals surface area (Å²) < 4.78 is 32.3. The fourth-order valence-corrected chi connectivity index (χ4v) is 4.46. The van der Waals surface area contributed by atoms with Gasteiger partial charge in [0.25, 0.3) is 5.91 Å². The minimum absolute atomic E-state index is 0.125. The number of benzene rings is 2. The van der Waals surface area contributed by atoms with E-state index in [0.29, 0.717) is 25.3 Å². The predicted octanol–water partition coefficient (Wildman–Crippen LogP) is 2.58. The highest BCUT2D eigenvalue weighted by molar-refractivity contribution is 7.89. The van der Waals surface area contributed by atoms with Gasteiger partial charge in [-0.15, -0.1) is 0 Å². The molecule has 1 amide bonds. The van der Waals surface area contributed by atoms with E-state index in [0.717, 1.165) is 18.4 Å². The van der Waals surface area contributed by atoms with E-state index in [4.69, 9.17) is 4.74 Å². The molecule has 8 heteroatoms. The van der Waals surface area contributed by atoms with Crippen molar-refractivity contribution < 1.29 is 22.7 Å². The Hall–Kier alpha value is -2.71. The lowest BCUT2D eigenvalue weighted by Gasteiger charge is -2.31. The number of carbonyl (C=O) groups is 2. The molecular formula is C22H26N2O5S. The Labute approximate surface area is 177 Å². The zero-order chi connectivity index (χ0) is 21.6. The van der Waals surface area contributed by atoms with Gasteiger partial charge in [0.05, 0.1) is 17.4 Å². The molecule has 0 aliphatic carbocycles.